The first-order valence-electron chi connectivity index (χ1n) is 6.12. The van der Waals surface area contributed by atoms with E-state index in [0.29, 0.717) is 0 Å². The van der Waals surface area contributed by atoms with Crippen molar-refractivity contribution < 1.29 is 13.2 Å². The van der Waals surface area contributed by atoms with Crippen LogP contribution in [-0.2, 0) is 12.7 Å². The summed E-state index contributed by atoms with van der Waals surface area (Å²) in [6, 6.07) is 1.58. The topological polar surface area (TPSA) is 89.9 Å². The maximum atomic E-state index is 12.7. The number of rotatable bonds is 3. The van der Waals surface area contributed by atoms with Gasteiger partial charge in [-0.15, -0.1) is 0 Å². The van der Waals surface area contributed by atoms with Crippen molar-refractivity contribution in [2.24, 2.45) is 0 Å². The highest BCUT2D eigenvalue weighted by Gasteiger charge is 2.31. The quantitative estimate of drug-likeness (QED) is 0.899. The number of aromatic nitrogens is 4. The highest BCUT2D eigenvalue weighted by Crippen LogP contribution is 2.28. The Kier molecular flexibility index (Phi) is 4.02. The van der Waals surface area contributed by atoms with Crippen LogP contribution in [0.4, 0.5) is 25.1 Å². The third-order valence-electron chi connectivity index (χ3n) is 2.71. The lowest BCUT2D eigenvalue weighted by Gasteiger charge is -2.13. The maximum Gasteiger partial charge on any atom is 0.417 e. The second-order valence-electron chi connectivity index (χ2n) is 4.69. The van der Waals surface area contributed by atoms with Crippen LogP contribution in [0, 0.1) is 0 Å². The van der Waals surface area contributed by atoms with Gasteiger partial charge in [-0.25, -0.2) is 0 Å². The van der Waals surface area contributed by atoms with E-state index in [2.05, 4.69) is 15.0 Å². The van der Waals surface area contributed by atoms with E-state index in [1.165, 1.54) is 0 Å². The van der Waals surface area contributed by atoms with E-state index in [4.69, 9.17) is 5.73 Å². The SMILES string of the molecule is CN(C)c1nc(N)nc(Cn2cc(C(F)(F)F)ccc2=O)n1. The molecule has 0 radical (unpaired) electrons. The molecular weight excluding hydrogens is 301 g/mol. The van der Waals surface area contributed by atoms with E-state index in [0.717, 1.165) is 22.9 Å². The summed E-state index contributed by atoms with van der Waals surface area (Å²) in [6.45, 7) is -0.240. The monoisotopic (exact) mass is 314 g/mol. The zero-order valence-electron chi connectivity index (χ0n) is 11.8. The van der Waals surface area contributed by atoms with E-state index in [1.54, 1.807) is 19.0 Å². The molecule has 0 aromatic carbocycles. The summed E-state index contributed by atoms with van der Waals surface area (Å²) >= 11 is 0. The molecule has 10 heteroatoms. The molecule has 0 atom stereocenters. The second-order valence-corrected chi connectivity index (χ2v) is 4.69. The number of nitrogen functional groups attached to an aromatic ring is 1. The fourth-order valence-electron chi connectivity index (χ4n) is 1.67. The first-order valence-corrected chi connectivity index (χ1v) is 6.12. The first-order chi connectivity index (χ1) is 10.2. The van der Waals surface area contributed by atoms with Crippen LogP contribution in [0.3, 0.4) is 0 Å². The molecule has 2 N–H and O–H groups in total. The van der Waals surface area contributed by atoms with Gasteiger partial charge >= 0.3 is 6.18 Å². The average molecular weight is 314 g/mol. The molecule has 2 aromatic rings. The molecule has 0 spiro atoms. The molecule has 2 rings (SSSR count). The lowest BCUT2D eigenvalue weighted by molar-refractivity contribution is -0.138. The number of halogens is 3. The van der Waals surface area contributed by atoms with Gasteiger partial charge in [0, 0.05) is 26.4 Å². The van der Waals surface area contributed by atoms with Crippen molar-refractivity contribution >= 4 is 11.9 Å². The zero-order chi connectivity index (χ0) is 16.5. The summed E-state index contributed by atoms with van der Waals surface area (Å²) in [6.07, 6.45) is -3.82. The third-order valence-corrected chi connectivity index (χ3v) is 2.71. The van der Waals surface area contributed by atoms with Crippen LogP contribution in [0.2, 0.25) is 0 Å². The van der Waals surface area contributed by atoms with Gasteiger partial charge in [-0.05, 0) is 6.07 Å². The van der Waals surface area contributed by atoms with Crippen LogP contribution in [-0.4, -0.2) is 33.6 Å². The van der Waals surface area contributed by atoms with Crippen LogP contribution >= 0.6 is 0 Å². The lowest BCUT2D eigenvalue weighted by atomic mass is 10.3. The third kappa shape index (κ3) is 3.51. The second kappa shape index (κ2) is 5.62. The number of hydrogen-bond acceptors (Lipinski definition) is 6. The molecule has 0 unspecified atom stereocenters. The molecule has 118 valence electrons. The van der Waals surface area contributed by atoms with Crippen molar-refractivity contribution in [2.45, 2.75) is 12.7 Å². The molecule has 0 saturated carbocycles. The van der Waals surface area contributed by atoms with Crippen molar-refractivity contribution in [3.8, 4) is 0 Å². The van der Waals surface area contributed by atoms with Crippen molar-refractivity contribution in [3.05, 3.63) is 40.1 Å². The van der Waals surface area contributed by atoms with Gasteiger partial charge in [-0.1, -0.05) is 0 Å². The molecular formula is C12H13F3N6O. The smallest absolute Gasteiger partial charge is 0.368 e. The van der Waals surface area contributed by atoms with Crippen molar-refractivity contribution in [2.75, 3.05) is 24.7 Å². The Labute approximate surface area is 123 Å². The molecule has 0 aliphatic carbocycles. The predicted octanol–water partition coefficient (Wildman–Crippen LogP) is 0.749. The Bertz CT molecular complexity index is 740. The van der Waals surface area contributed by atoms with Crippen LogP contribution in [0.1, 0.15) is 11.4 Å². The summed E-state index contributed by atoms with van der Waals surface area (Å²) in [5.41, 5.74) is 4.00. The van der Waals surface area contributed by atoms with Gasteiger partial charge in [0.15, 0.2) is 5.82 Å². The number of nitrogens with two attached hydrogens (primary N) is 1. The van der Waals surface area contributed by atoms with Gasteiger partial charge in [0.05, 0.1) is 12.1 Å². The highest BCUT2D eigenvalue weighted by molar-refractivity contribution is 5.32. The van der Waals surface area contributed by atoms with E-state index in [-0.39, 0.29) is 24.3 Å². The molecule has 22 heavy (non-hydrogen) atoms. The Balaban J connectivity index is 2.41. The minimum atomic E-state index is -4.54. The molecule has 0 aliphatic heterocycles. The van der Waals surface area contributed by atoms with Crippen molar-refractivity contribution in [1.82, 2.24) is 19.5 Å². The highest BCUT2D eigenvalue weighted by atomic mass is 19.4. The zero-order valence-corrected chi connectivity index (χ0v) is 11.8. The predicted molar refractivity (Wildman–Crippen MR) is 73.4 cm³/mol. The largest absolute Gasteiger partial charge is 0.417 e. The molecule has 2 heterocycles. The summed E-state index contributed by atoms with van der Waals surface area (Å²) in [7, 11) is 3.35. The van der Waals surface area contributed by atoms with Crippen LogP contribution in [0.25, 0.3) is 0 Å². The number of anilines is 2. The van der Waals surface area contributed by atoms with Gasteiger partial charge in [-0.2, -0.15) is 28.1 Å². The summed E-state index contributed by atoms with van der Waals surface area (Å²) < 4.78 is 38.9. The van der Waals surface area contributed by atoms with E-state index in [9.17, 15) is 18.0 Å². The molecule has 0 aliphatic rings. The number of hydrogen-bond donors (Lipinski definition) is 1. The Morgan fingerprint density at radius 3 is 2.50 bits per heavy atom. The molecule has 7 nitrogen and oxygen atoms in total. The summed E-state index contributed by atoms with van der Waals surface area (Å²) in [4.78, 5) is 25.0. The van der Waals surface area contributed by atoms with E-state index in [1.807, 2.05) is 0 Å². The Morgan fingerprint density at radius 2 is 1.91 bits per heavy atom. The molecule has 0 saturated heterocycles. The summed E-state index contributed by atoms with van der Waals surface area (Å²) in [5, 5.41) is 0. The minimum Gasteiger partial charge on any atom is -0.368 e. The summed E-state index contributed by atoms with van der Waals surface area (Å²) in [5.74, 6) is 0.272. The number of alkyl halides is 3. The van der Waals surface area contributed by atoms with E-state index >= 15 is 0 Å². The molecule has 0 fully saturated rings. The van der Waals surface area contributed by atoms with Gasteiger partial charge < -0.3 is 15.2 Å². The van der Waals surface area contributed by atoms with Gasteiger partial charge in [-0.3, -0.25) is 4.79 Å². The number of pyridine rings is 1. The first kappa shape index (κ1) is 15.7. The lowest BCUT2D eigenvalue weighted by Crippen LogP contribution is -2.24. The molecule has 0 bridgehead atoms. The van der Waals surface area contributed by atoms with Crippen LogP contribution in [0.5, 0.6) is 0 Å². The van der Waals surface area contributed by atoms with Crippen LogP contribution < -0.4 is 16.2 Å². The van der Waals surface area contributed by atoms with Gasteiger partial charge in [0.1, 0.15) is 0 Å². The number of nitrogens with zero attached hydrogens (tertiary/aromatic N) is 5. The van der Waals surface area contributed by atoms with E-state index < -0.39 is 17.3 Å². The fourth-order valence-corrected chi connectivity index (χ4v) is 1.67. The average Bonchev–Trinajstić information content (AvgIpc) is 2.39. The minimum absolute atomic E-state index is 0.0753. The van der Waals surface area contributed by atoms with Crippen LogP contribution in [0.15, 0.2) is 23.1 Å². The molecule has 0 amide bonds. The Morgan fingerprint density at radius 1 is 1.23 bits per heavy atom. The van der Waals surface area contributed by atoms with Gasteiger partial charge in [0.25, 0.3) is 5.56 Å². The van der Waals surface area contributed by atoms with Gasteiger partial charge in [0.2, 0.25) is 11.9 Å². The normalized spacial score (nSPS) is 11.5. The standard InChI is InChI=1S/C12H13F3N6O/c1-20(2)11-18-8(17-10(16)19-11)6-21-5-7(12(13,14)15)3-4-9(21)22/h3-5H,6H2,1-2H3,(H2,16,17,18,19). The Hall–Kier alpha value is -2.65. The molecule has 2 aromatic heterocycles. The van der Waals surface area contributed by atoms with Crippen molar-refractivity contribution in [3.63, 3.8) is 0 Å². The fraction of sp³-hybridized carbons (Fsp3) is 0.333. The van der Waals surface area contributed by atoms with Crippen molar-refractivity contribution in [1.29, 1.82) is 0 Å². The maximum absolute atomic E-state index is 12.7.